The average Bonchev–Trinajstić information content (AvgIpc) is 2.26. The second-order valence-corrected chi connectivity index (χ2v) is 5.22. The lowest BCUT2D eigenvalue weighted by atomic mass is 9.58. The van der Waals surface area contributed by atoms with E-state index in [1.807, 2.05) is 0 Å². The summed E-state index contributed by atoms with van der Waals surface area (Å²) < 4.78 is 0. The van der Waals surface area contributed by atoms with E-state index in [1.165, 1.54) is 11.1 Å². The van der Waals surface area contributed by atoms with Crippen LogP contribution in [0.5, 0.6) is 0 Å². The van der Waals surface area contributed by atoms with Crippen molar-refractivity contribution >= 4 is 0 Å². The summed E-state index contributed by atoms with van der Waals surface area (Å²) >= 11 is 0. The maximum absolute atomic E-state index is 9.71. The molecule has 0 saturated heterocycles. The Morgan fingerprint density at radius 2 is 1.87 bits per heavy atom. The van der Waals surface area contributed by atoms with Gasteiger partial charge < -0.3 is 5.11 Å². The number of hydrogen-bond acceptors (Lipinski definition) is 1. The van der Waals surface area contributed by atoms with Crippen LogP contribution in [0.3, 0.4) is 0 Å². The van der Waals surface area contributed by atoms with Crippen molar-refractivity contribution < 1.29 is 5.11 Å². The molecule has 0 amide bonds. The highest BCUT2D eigenvalue weighted by atomic mass is 16.3. The lowest BCUT2D eigenvalue weighted by Gasteiger charge is -2.49. The number of hydrogen-bond donors (Lipinski definition) is 1. The molecule has 0 heterocycles. The van der Waals surface area contributed by atoms with E-state index in [0.717, 1.165) is 12.8 Å². The fourth-order valence-electron chi connectivity index (χ4n) is 2.45. The van der Waals surface area contributed by atoms with Crippen LogP contribution in [0, 0.1) is 5.41 Å². The fraction of sp³-hybridized carbons (Fsp3) is 0.571. The zero-order valence-corrected chi connectivity index (χ0v) is 9.83. The largest absolute Gasteiger partial charge is 0.393 e. The van der Waals surface area contributed by atoms with Crippen LogP contribution < -0.4 is 0 Å². The highest BCUT2D eigenvalue weighted by Gasteiger charge is 2.47. The Morgan fingerprint density at radius 3 is 2.27 bits per heavy atom. The van der Waals surface area contributed by atoms with Crippen LogP contribution in [-0.4, -0.2) is 11.2 Å². The molecule has 1 saturated carbocycles. The summed E-state index contributed by atoms with van der Waals surface area (Å²) in [5, 5.41) is 9.71. The minimum Gasteiger partial charge on any atom is -0.393 e. The summed E-state index contributed by atoms with van der Waals surface area (Å²) in [7, 11) is 0. The molecule has 0 aliphatic heterocycles. The molecule has 1 aromatic rings. The Labute approximate surface area is 92.1 Å². The summed E-state index contributed by atoms with van der Waals surface area (Å²) in [5.74, 6) is 0.526. The van der Waals surface area contributed by atoms with Gasteiger partial charge in [0, 0.05) is 0 Å². The highest BCUT2D eigenvalue weighted by Crippen LogP contribution is 2.52. The third kappa shape index (κ3) is 1.69. The Bertz CT molecular complexity index is 337. The molecule has 0 spiro atoms. The van der Waals surface area contributed by atoms with E-state index in [2.05, 4.69) is 45.0 Å². The maximum atomic E-state index is 9.71. The molecule has 2 atom stereocenters. The van der Waals surface area contributed by atoms with E-state index >= 15 is 0 Å². The first-order valence-electron chi connectivity index (χ1n) is 5.82. The van der Waals surface area contributed by atoms with Crippen molar-refractivity contribution in [1.82, 2.24) is 0 Å². The van der Waals surface area contributed by atoms with Gasteiger partial charge in [0.1, 0.15) is 0 Å². The van der Waals surface area contributed by atoms with Crippen LogP contribution in [-0.2, 0) is 6.42 Å². The van der Waals surface area contributed by atoms with Crippen LogP contribution in [0.15, 0.2) is 24.3 Å². The van der Waals surface area contributed by atoms with E-state index in [-0.39, 0.29) is 11.5 Å². The number of aliphatic hydroxyl groups is 1. The number of aryl methyl sites for hydroxylation is 1. The first-order chi connectivity index (χ1) is 7.05. The van der Waals surface area contributed by atoms with Gasteiger partial charge in [0.15, 0.2) is 0 Å². The summed E-state index contributed by atoms with van der Waals surface area (Å²) in [6.45, 7) is 6.48. The molecule has 1 aliphatic rings. The average molecular weight is 204 g/mol. The van der Waals surface area contributed by atoms with Gasteiger partial charge in [-0.25, -0.2) is 0 Å². The van der Waals surface area contributed by atoms with E-state index in [0.29, 0.717) is 5.92 Å². The quantitative estimate of drug-likeness (QED) is 0.784. The molecule has 1 fully saturated rings. The third-order valence-corrected chi connectivity index (χ3v) is 4.01. The molecular formula is C14H20O. The molecular weight excluding hydrogens is 184 g/mol. The van der Waals surface area contributed by atoms with Gasteiger partial charge in [-0.05, 0) is 35.3 Å². The van der Waals surface area contributed by atoms with Crippen LogP contribution in [0.25, 0.3) is 0 Å². The number of aliphatic hydroxyl groups excluding tert-OH is 1. The van der Waals surface area contributed by atoms with Gasteiger partial charge in [-0.15, -0.1) is 0 Å². The van der Waals surface area contributed by atoms with Crippen molar-refractivity contribution in [3.8, 4) is 0 Å². The van der Waals surface area contributed by atoms with E-state index in [1.54, 1.807) is 0 Å². The molecule has 0 bridgehead atoms. The Balaban J connectivity index is 2.18. The normalized spacial score (nSPS) is 28.5. The molecule has 2 unspecified atom stereocenters. The van der Waals surface area contributed by atoms with E-state index in [4.69, 9.17) is 0 Å². The first-order valence-corrected chi connectivity index (χ1v) is 5.82. The molecule has 82 valence electrons. The monoisotopic (exact) mass is 204 g/mol. The number of benzene rings is 1. The third-order valence-electron chi connectivity index (χ3n) is 4.01. The van der Waals surface area contributed by atoms with Crippen molar-refractivity contribution in [2.45, 2.75) is 45.6 Å². The second kappa shape index (κ2) is 3.64. The molecule has 0 aromatic heterocycles. The summed E-state index contributed by atoms with van der Waals surface area (Å²) in [6, 6.07) is 8.85. The zero-order chi connectivity index (χ0) is 11.1. The first kappa shape index (κ1) is 10.7. The second-order valence-electron chi connectivity index (χ2n) is 5.22. The topological polar surface area (TPSA) is 20.2 Å². The van der Waals surface area contributed by atoms with Crippen LogP contribution in [0.1, 0.15) is 44.2 Å². The van der Waals surface area contributed by atoms with Crippen molar-refractivity contribution in [2.75, 3.05) is 0 Å². The minimum absolute atomic E-state index is 0.0493. The van der Waals surface area contributed by atoms with Crippen molar-refractivity contribution in [3.63, 3.8) is 0 Å². The molecule has 15 heavy (non-hydrogen) atoms. The van der Waals surface area contributed by atoms with Crippen LogP contribution >= 0.6 is 0 Å². The smallest absolute Gasteiger partial charge is 0.0603 e. The molecule has 2 rings (SSSR count). The lowest BCUT2D eigenvalue weighted by Crippen LogP contribution is -2.47. The van der Waals surface area contributed by atoms with Crippen molar-refractivity contribution in [3.05, 3.63) is 35.4 Å². The van der Waals surface area contributed by atoms with Gasteiger partial charge in [-0.3, -0.25) is 0 Å². The lowest BCUT2D eigenvalue weighted by molar-refractivity contribution is -0.0625. The SMILES string of the molecule is CCc1ccc(C2CC(O)C2(C)C)cc1. The molecule has 0 radical (unpaired) electrons. The fourth-order valence-corrected chi connectivity index (χ4v) is 2.45. The number of rotatable bonds is 2. The van der Waals surface area contributed by atoms with Gasteiger partial charge in [0.05, 0.1) is 6.10 Å². The van der Waals surface area contributed by atoms with Gasteiger partial charge in [0.25, 0.3) is 0 Å². The predicted octanol–water partition coefficient (Wildman–Crippen LogP) is 3.12. The van der Waals surface area contributed by atoms with Crippen LogP contribution in [0.4, 0.5) is 0 Å². The van der Waals surface area contributed by atoms with Crippen molar-refractivity contribution in [1.29, 1.82) is 0 Å². The predicted molar refractivity (Wildman–Crippen MR) is 63.0 cm³/mol. The van der Waals surface area contributed by atoms with Gasteiger partial charge in [-0.1, -0.05) is 45.0 Å². The Morgan fingerprint density at radius 1 is 1.27 bits per heavy atom. The summed E-state index contributed by atoms with van der Waals surface area (Å²) in [6.07, 6.45) is 1.88. The highest BCUT2D eigenvalue weighted by molar-refractivity contribution is 5.29. The molecule has 1 aliphatic carbocycles. The Hall–Kier alpha value is -0.820. The molecule has 1 aromatic carbocycles. The zero-order valence-electron chi connectivity index (χ0n) is 9.83. The standard InChI is InChI=1S/C14H20O/c1-4-10-5-7-11(8-6-10)12-9-13(15)14(12,2)3/h5-8,12-13,15H,4,9H2,1-3H3. The minimum atomic E-state index is -0.131. The molecule has 1 nitrogen and oxygen atoms in total. The van der Waals surface area contributed by atoms with Crippen LogP contribution in [0.2, 0.25) is 0 Å². The summed E-state index contributed by atoms with van der Waals surface area (Å²) in [4.78, 5) is 0. The van der Waals surface area contributed by atoms with Crippen molar-refractivity contribution in [2.24, 2.45) is 5.41 Å². The summed E-state index contributed by atoms with van der Waals surface area (Å²) in [5.41, 5.74) is 2.81. The maximum Gasteiger partial charge on any atom is 0.0603 e. The Kier molecular flexibility index (Phi) is 2.59. The van der Waals surface area contributed by atoms with Gasteiger partial charge in [0.2, 0.25) is 0 Å². The van der Waals surface area contributed by atoms with Gasteiger partial charge in [-0.2, -0.15) is 0 Å². The van der Waals surface area contributed by atoms with Gasteiger partial charge >= 0.3 is 0 Å². The molecule has 1 heteroatoms. The van der Waals surface area contributed by atoms with E-state index in [9.17, 15) is 5.11 Å². The molecule has 1 N–H and O–H groups in total. The van der Waals surface area contributed by atoms with E-state index < -0.39 is 0 Å².